The maximum atomic E-state index is 11.8. The number of rotatable bonds is 5. The van der Waals surface area contributed by atoms with E-state index in [2.05, 4.69) is 11.4 Å². The summed E-state index contributed by atoms with van der Waals surface area (Å²) in [4.78, 5) is 11.8. The summed E-state index contributed by atoms with van der Waals surface area (Å²) >= 11 is 0. The van der Waals surface area contributed by atoms with Crippen LogP contribution >= 0.6 is 0 Å². The Hall–Kier alpha value is -1.61. The third-order valence-corrected chi connectivity index (χ3v) is 3.04. The van der Waals surface area contributed by atoms with Gasteiger partial charge in [0.25, 0.3) is 0 Å². The van der Waals surface area contributed by atoms with Gasteiger partial charge in [0, 0.05) is 18.2 Å². The van der Waals surface area contributed by atoms with E-state index in [-0.39, 0.29) is 12.5 Å². The van der Waals surface area contributed by atoms with Crippen molar-refractivity contribution in [1.29, 1.82) is 0 Å². The molecular formula is C16H23NO2. The second kappa shape index (κ2) is 6.53. The topological polar surface area (TPSA) is 49.3 Å². The van der Waals surface area contributed by atoms with E-state index in [0.717, 1.165) is 11.1 Å². The Morgan fingerprint density at radius 2 is 2.05 bits per heavy atom. The van der Waals surface area contributed by atoms with Crippen molar-refractivity contribution in [3.8, 4) is 0 Å². The van der Waals surface area contributed by atoms with Crippen molar-refractivity contribution >= 4 is 12.0 Å². The van der Waals surface area contributed by atoms with Gasteiger partial charge in [0.2, 0.25) is 5.91 Å². The molecule has 0 aliphatic carbocycles. The van der Waals surface area contributed by atoms with Crippen LogP contribution in [0.15, 0.2) is 24.3 Å². The van der Waals surface area contributed by atoms with Gasteiger partial charge in [-0.2, -0.15) is 0 Å². The molecule has 0 unspecified atom stereocenters. The monoisotopic (exact) mass is 261 g/mol. The van der Waals surface area contributed by atoms with Crippen LogP contribution in [0.3, 0.4) is 0 Å². The molecule has 0 fully saturated rings. The number of carbonyl (C=O) groups is 1. The van der Waals surface area contributed by atoms with E-state index >= 15 is 0 Å². The summed E-state index contributed by atoms with van der Waals surface area (Å²) in [6, 6.07) is 6.13. The summed E-state index contributed by atoms with van der Waals surface area (Å²) < 4.78 is 0. The van der Waals surface area contributed by atoms with Crippen LogP contribution in [0.1, 0.15) is 37.0 Å². The highest BCUT2D eigenvalue weighted by molar-refractivity contribution is 5.92. The number of aliphatic hydroxyl groups excluding tert-OH is 1. The molecule has 1 aromatic carbocycles. The van der Waals surface area contributed by atoms with Crippen molar-refractivity contribution in [2.45, 2.75) is 39.7 Å². The Morgan fingerprint density at radius 1 is 1.37 bits per heavy atom. The first-order valence-corrected chi connectivity index (χ1v) is 6.52. The molecule has 0 saturated carbocycles. The maximum Gasteiger partial charge on any atom is 0.244 e. The summed E-state index contributed by atoms with van der Waals surface area (Å²) in [7, 11) is 0. The Labute approximate surface area is 115 Å². The molecule has 19 heavy (non-hydrogen) atoms. The fourth-order valence-corrected chi connectivity index (χ4v) is 1.90. The molecule has 3 nitrogen and oxygen atoms in total. The molecular weight excluding hydrogens is 238 g/mol. The van der Waals surface area contributed by atoms with Crippen molar-refractivity contribution in [1.82, 2.24) is 5.32 Å². The van der Waals surface area contributed by atoms with Crippen LogP contribution < -0.4 is 5.32 Å². The van der Waals surface area contributed by atoms with E-state index in [9.17, 15) is 4.79 Å². The summed E-state index contributed by atoms with van der Waals surface area (Å²) in [6.07, 6.45) is 3.89. The first-order chi connectivity index (χ1) is 8.84. The largest absolute Gasteiger partial charge is 0.396 e. The van der Waals surface area contributed by atoms with E-state index in [1.807, 2.05) is 45.9 Å². The zero-order valence-electron chi connectivity index (χ0n) is 12.2. The number of aryl methyl sites for hydroxylation is 2. The molecule has 0 aliphatic rings. The molecule has 0 radical (unpaired) electrons. The lowest BCUT2D eigenvalue weighted by Gasteiger charge is -2.24. The van der Waals surface area contributed by atoms with Crippen LogP contribution in [0.4, 0.5) is 0 Å². The SMILES string of the molecule is Cc1ccc(/C=C/C(=O)NC(C)(C)CCO)c(C)c1. The zero-order chi connectivity index (χ0) is 14.5. The minimum absolute atomic E-state index is 0.0636. The summed E-state index contributed by atoms with van der Waals surface area (Å²) in [5.41, 5.74) is 3.01. The van der Waals surface area contributed by atoms with Crippen molar-refractivity contribution in [3.05, 3.63) is 41.0 Å². The third kappa shape index (κ3) is 5.26. The number of nitrogens with one attached hydrogen (secondary N) is 1. The van der Waals surface area contributed by atoms with Crippen LogP contribution in [0, 0.1) is 13.8 Å². The van der Waals surface area contributed by atoms with Gasteiger partial charge in [-0.05, 0) is 51.3 Å². The number of amides is 1. The summed E-state index contributed by atoms with van der Waals surface area (Å²) in [5, 5.41) is 11.8. The molecule has 0 heterocycles. The average molecular weight is 261 g/mol. The molecule has 2 N–H and O–H groups in total. The van der Waals surface area contributed by atoms with Crippen LogP contribution in [0.5, 0.6) is 0 Å². The number of hydrogen-bond acceptors (Lipinski definition) is 2. The highest BCUT2D eigenvalue weighted by Crippen LogP contribution is 2.12. The van der Waals surface area contributed by atoms with E-state index in [0.29, 0.717) is 6.42 Å². The lowest BCUT2D eigenvalue weighted by molar-refractivity contribution is -0.118. The lowest BCUT2D eigenvalue weighted by atomic mass is 10.0. The van der Waals surface area contributed by atoms with Gasteiger partial charge in [-0.15, -0.1) is 0 Å². The van der Waals surface area contributed by atoms with Gasteiger partial charge in [-0.3, -0.25) is 4.79 Å². The predicted molar refractivity (Wildman–Crippen MR) is 78.9 cm³/mol. The molecule has 3 heteroatoms. The fourth-order valence-electron chi connectivity index (χ4n) is 1.90. The molecule has 0 spiro atoms. The van der Waals surface area contributed by atoms with Crippen LogP contribution in [0.2, 0.25) is 0 Å². The summed E-state index contributed by atoms with van der Waals surface area (Å²) in [6.45, 7) is 7.93. The molecule has 1 amide bonds. The molecule has 0 atom stereocenters. The number of carbonyl (C=O) groups excluding carboxylic acids is 1. The maximum absolute atomic E-state index is 11.8. The molecule has 104 valence electrons. The smallest absolute Gasteiger partial charge is 0.244 e. The summed E-state index contributed by atoms with van der Waals surface area (Å²) in [5.74, 6) is -0.140. The molecule has 1 aromatic rings. The van der Waals surface area contributed by atoms with Gasteiger partial charge in [-0.1, -0.05) is 23.8 Å². The fraction of sp³-hybridized carbons (Fsp3) is 0.438. The number of aliphatic hydroxyl groups is 1. The predicted octanol–water partition coefficient (Wildman–Crippen LogP) is 2.59. The first-order valence-electron chi connectivity index (χ1n) is 6.52. The van der Waals surface area contributed by atoms with Gasteiger partial charge in [0.05, 0.1) is 0 Å². The lowest BCUT2D eigenvalue weighted by Crippen LogP contribution is -2.43. The third-order valence-electron chi connectivity index (χ3n) is 3.04. The Bertz CT molecular complexity index is 476. The minimum atomic E-state index is -0.390. The zero-order valence-corrected chi connectivity index (χ0v) is 12.2. The quantitative estimate of drug-likeness (QED) is 0.800. The van der Waals surface area contributed by atoms with Crippen molar-refractivity contribution in [2.24, 2.45) is 0 Å². The highest BCUT2D eigenvalue weighted by Gasteiger charge is 2.18. The van der Waals surface area contributed by atoms with E-state index < -0.39 is 5.54 Å². The molecule has 1 rings (SSSR count). The normalized spacial score (nSPS) is 11.8. The Kier molecular flexibility index (Phi) is 5.31. The van der Waals surface area contributed by atoms with Gasteiger partial charge < -0.3 is 10.4 Å². The van der Waals surface area contributed by atoms with Crippen molar-refractivity contribution < 1.29 is 9.90 Å². The van der Waals surface area contributed by atoms with Crippen LogP contribution in [-0.4, -0.2) is 23.2 Å². The molecule has 0 saturated heterocycles. The number of benzene rings is 1. The van der Waals surface area contributed by atoms with Gasteiger partial charge in [0.1, 0.15) is 0 Å². The van der Waals surface area contributed by atoms with Crippen molar-refractivity contribution in [3.63, 3.8) is 0 Å². The molecule has 0 aliphatic heterocycles. The van der Waals surface area contributed by atoms with Crippen LogP contribution in [-0.2, 0) is 4.79 Å². The second-order valence-corrected chi connectivity index (χ2v) is 5.54. The Balaban J connectivity index is 2.68. The highest BCUT2D eigenvalue weighted by atomic mass is 16.3. The van der Waals surface area contributed by atoms with Gasteiger partial charge in [-0.25, -0.2) is 0 Å². The van der Waals surface area contributed by atoms with Crippen LogP contribution in [0.25, 0.3) is 6.08 Å². The van der Waals surface area contributed by atoms with E-state index in [1.165, 1.54) is 11.6 Å². The number of hydrogen-bond donors (Lipinski definition) is 2. The second-order valence-electron chi connectivity index (χ2n) is 5.54. The van der Waals surface area contributed by atoms with Gasteiger partial charge >= 0.3 is 0 Å². The van der Waals surface area contributed by atoms with Gasteiger partial charge in [0.15, 0.2) is 0 Å². The molecule has 0 aromatic heterocycles. The Morgan fingerprint density at radius 3 is 2.63 bits per heavy atom. The van der Waals surface area contributed by atoms with Crippen molar-refractivity contribution in [2.75, 3.05) is 6.61 Å². The molecule has 0 bridgehead atoms. The van der Waals surface area contributed by atoms with E-state index in [4.69, 9.17) is 5.11 Å². The average Bonchev–Trinajstić information content (AvgIpc) is 2.26. The first kappa shape index (κ1) is 15.4. The standard InChI is InChI=1S/C16H23NO2/c1-12-5-6-14(13(2)11-12)7-8-15(19)17-16(3,4)9-10-18/h5-8,11,18H,9-10H2,1-4H3,(H,17,19)/b8-7+. The van der Waals surface area contributed by atoms with E-state index in [1.54, 1.807) is 0 Å². The minimum Gasteiger partial charge on any atom is -0.396 e.